The van der Waals surface area contributed by atoms with Gasteiger partial charge in [0.1, 0.15) is 25.9 Å². The Hall–Kier alpha value is -3.56. The van der Waals surface area contributed by atoms with E-state index >= 15 is 0 Å². The molecule has 1 amide bonds. The Morgan fingerprint density at radius 1 is 1.10 bits per heavy atom. The average Bonchev–Trinajstić information content (AvgIpc) is 3.21. The minimum Gasteiger partial charge on any atom is -0.486 e. The van der Waals surface area contributed by atoms with Gasteiger partial charge in [-0.2, -0.15) is 18.3 Å². The smallest absolute Gasteiger partial charge is 0.416 e. The Kier molecular flexibility index (Phi) is 4.83. The van der Waals surface area contributed by atoms with Gasteiger partial charge in [0.25, 0.3) is 0 Å². The lowest BCUT2D eigenvalue weighted by molar-refractivity contribution is -0.137. The van der Waals surface area contributed by atoms with E-state index in [0.717, 1.165) is 12.1 Å². The summed E-state index contributed by atoms with van der Waals surface area (Å²) < 4.78 is 51.5. The fraction of sp³-hybridized carbons (Fsp3) is 0.211. The van der Waals surface area contributed by atoms with Gasteiger partial charge in [0.15, 0.2) is 11.5 Å². The third-order valence-electron chi connectivity index (χ3n) is 4.23. The molecule has 150 valence electrons. The summed E-state index contributed by atoms with van der Waals surface area (Å²) in [5.41, 5.74) is 0.0101. The highest BCUT2D eigenvalue weighted by Crippen LogP contribution is 2.34. The largest absolute Gasteiger partial charge is 0.486 e. The van der Waals surface area contributed by atoms with Crippen LogP contribution in [0.25, 0.3) is 5.69 Å². The molecule has 0 spiro atoms. The molecule has 4 rings (SSSR count). The fourth-order valence-electron chi connectivity index (χ4n) is 2.92. The molecule has 0 bridgehead atoms. The maximum Gasteiger partial charge on any atom is 0.416 e. The van der Waals surface area contributed by atoms with E-state index < -0.39 is 17.6 Å². The van der Waals surface area contributed by atoms with Crippen molar-refractivity contribution in [1.82, 2.24) is 14.8 Å². The number of fused-ring (bicyclic) bond motifs is 1. The first kappa shape index (κ1) is 18.8. The summed E-state index contributed by atoms with van der Waals surface area (Å²) in [7, 11) is 0. The number of halogens is 3. The number of nitrogens with one attached hydrogen (secondary N) is 1. The summed E-state index contributed by atoms with van der Waals surface area (Å²) in [6.07, 6.45) is -2.02. The van der Waals surface area contributed by atoms with Gasteiger partial charge in [0.05, 0.1) is 23.4 Å². The van der Waals surface area contributed by atoms with Gasteiger partial charge in [-0.05, 0) is 35.9 Å². The molecule has 0 aliphatic carbocycles. The fourth-order valence-corrected chi connectivity index (χ4v) is 2.92. The van der Waals surface area contributed by atoms with Crippen LogP contribution in [0.3, 0.4) is 0 Å². The summed E-state index contributed by atoms with van der Waals surface area (Å²) >= 11 is 0. The summed E-state index contributed by atoms with van der Waals surface area (Å²) in [6, 6.07) is 8.11. The quantitative estimate of drug-likeness (QED) is 0.722. The van der Waals surface area contributed by atoms with Gasteiger partial charge < -0.3 is 14.8 Å². The second kappa shape index (κ2) is 7.46. The van der Waals surface area contributed by atoms with Gasteiger partial charge in [-0.1, -0.05) is 6.07 Å². The topological polar surface area (TPSA) is 78.3 Å². The molecule has 0 unspecified atom stereocenters. The zero-order chi connectivity index (χ0) is 20.4. The van der Waals surface area contributed by atoms with E-state index in [1.165, 1.54) is 23.4 Å². The summed E-state index contributed by atoms with van der Waals surface area (Å²) in [4.78, 5) is 16.3. The highest BCUT2D eigenvalue weighted by Gasteiger charge is 2.31. The lowest BCUT2D eigenvalue weighted by Crippen LogP contribution is -2.18. The third kappa shape index (κ3) is 4.15. The first-order valence-electron chi connectivity index (χ1n) is 8.65. The van der Waals surface area contributed by atoms with Crippen molar-refractivity contribution in [3.8, 4) is 17.2 Å². The van der Waals surface area contributed by atoms with Crippen LogP contribution in [-0.2, 0) is 17.4 Å². The van der Waals surface area contributed by atoms with Crippen LogP contribution in [0.4, 0.5) is 18.9 Å². The molecule has 2 heterocycles. The Labute approximate surface area is 163 Å². The zero-order valence-corrected chi connectivity index (χ0v) is 14.9. The zero-order valence-electron chi connectivity index (χ0n) is 14.9. The molecule has 1 N–H and O–H groups in total. The molecule has 0 saturated heterocycles. The summed E-state index contributed by atoms with van der Waals surface area (Å²) in [5.74, 6) is 0.637. The second-order valence-corrected chi connectivity index (χ2v) is 6.27. The Morgan fingerprint density at radius 2 is 1.90 bits per heavy atom. The predicted octanol–water partition coefficient (Wildman–Crippen LogP) is 3.24. The van der Waals surface area contributed by atoms with Crippen molar-refractivity contribution in [3.05, 3.63) is 60.2 Å². The van der Waals surface area contributed by atoms with Gasteiger partial charge in [-0.3, -0.25) is 4.79 Å². The number of ether oxygens (including phenoxy) is 2. The van der Waals surface area contributed by atoms with Crippen molar-refractivity contribution >= 4 is 11.6 Å². The van der Waals surface area contributed by atoms with Crippen molar-refractivity contribution in [2.24, 2.45) is 0 Å². The molecular formula is C19H15F3N4O3. The number of anilines is 1. The second-order valence-electron chi connectivity index (χ2n) is 6.27. The predicted molar refractivity (Wildman–Crippen MR) is 96.1 cm³/mol. The Bertz CT molecular complexity index is 1040. The number of carbonyl (C=O) groups excluding carboxylic acids is 1. The SMILES string of the molecule is O=C(Cc1ccc2c(c1)OCCO2)Nc1cc(C(F)(F)F)ccc1-n1cncn1. The number of carbonyl (C=O) groups is 1. The highest BCUT2D eigenvalue weighted by molar-refractivity contribution is 5.94. The number of aromatic nitrogens is 3. The molecule has 1 aliphatic rings. The van der Waals surface area contributed by atoms with Gasteiger partial charge in [-0.25, -0.2) is 9.67 Å². The van der Waals surface area contributed by atoms with Crippen molar-refractivity contribution in [2.75, 3.05) is 18.5 Å². The molecule has 10 heteroatoms. The van der Waals surface area contributed by atoms with Gasteiger partial charge in [0, 0.05) is 0 Å². The lowest BCUT2D eigenvalue weighted by Gasteiger charge is -2.19. The van der Waals surface area contributed by atoms with Crippen LogP contribution < -0.4 is 14.8 Å². The van der Waals surface area contributed by atoms with Crippen LogP contribution in [0.5, 0.6) is 11.5 Å². The molecule has 3 aromatic rings. The van der Waals surface area contributed by atoms with E-state index in [1.807, 2.05) is 0 Å². The van der Waals surface area contributed by atoms with E-state index in [-0.39, 0.29) is 17.8 Å². The van der Waals surface area contributed by atoms with Crippen LogP contribution in [0.15, 0.2) is 49.1 Å². The maximum absolute atomic E-state index is 13.1. The number of benzene rings is 2. The van der Waals surface area contributed by atoms with Crippen molar-refractivity contribution < 1.29 is 27.4 Å². The minimum absolute atomic E-state index is 0.0205. The van der Waals surface area contributed by atoms with Gasteiger partial charge >= 0.3 is 6.18 Å². The normalized spacial score (nSPS) is 13.2. The van der Waals surface area contributed by atoms with Crippen molar-refractivity contribution in [2.45, 2.75) is 12.6 Å². The molecule has 1 aliphatic heterocycles. The first-order valence-corrected chi connectivity index (χ1v) is 8.65. The van der Waals surface area contributed by atoms with Crippen molar-refractivity contribution in [3.63, 3.8) is 0 Å². The number of alkyl halides is 3. The molecule has 0 saturated carbocycles. The van der Waals surface area contributed by atoms with Crippen LogP contribution in [0, 0.1) is 0 Å². The Balaban J connectivity index is 1.58. The van der Waals surface area contributed by atoms with Gasteiger partial charge in [-0.15, -0.1) is 0 Å². The first-order chi connectivity index (χ1) is 13.9. The van der Waals surface area contributed by atoms with E-state index in [0.29, 0.717) is 30.3 Å². The minimum atomic E-state index is -4.55. The third-order valence-corrected chi connectivity index (χ3v) is 4.23. The maximum atomic E-state index is 13.1. The summed E-state index contributed by atoms with van der Waals surface area (Å²) in [5, 5.41) is 6.46. The molecule has 7 nitrogen and oxygen atoms in total. The lowest BCUT2D eigenvalue weighted by atomic mass is 10.1. The summed E-state index contributed by atoms with van der Waals surface area (Å²) in [6.45, 7) is 0.863. The van der Waals surface area contributed by atoms with Crippen molar-refractivity contribution in [1.29, 1.82) is 0 Å². The molecule has 0 radical (unpaired) electrons. The van der Waals surface area contributed by atoms with E-state index in [1.54, 1.807) is 18.2 Å². The molecular weight excluding hydrogens is 389 g/mol. The standard InChI is InChI=1S/C19H15F3N4O3/c20-19(21,22)13-2-3-15(26-11-23-10-24-26)14(9-13)25-18(27)8-12-1-4-16-17(7-12)29-6-5-28-16/h1-4,7,9-11H,5-6,8H2,(H,25,27). The van der Waals surface area contributed by atoms with Crippen LogP contribution >= 0.6 is 0 Å². The molecule has 0 fully saturated rings. The van der Waals surface area contributed by atoms with E-state index in [4.69, 9.17) is 9.47 Å². The number of amides is 1. The molecule has 29 heavy (non-hydrogen) atoms. The van der Waals surface area contributed by atoms with E-state index in [2.05, 4.69) is 15.4 Å². The number of hydrogen-bond donors (Lipinski definition) is 1. The Morgan fingerprint density at radius 3 is 2.62 bits per heavy atom. The monoisotopic (exact) mass is 404 g/mol. The molecule has 2 aromatic carbocycles. The average molecular weight is 404 g/mol. The molecule has 0 atom stereocenters. The number of nitrogens with zero attached hydrogens (tertiary/aromatic N) is 3. The van der Waals surface area contributed by atoms with E-state index in [9.17, 15) is 18.0 Å². The van der Waals surface area contributed by atoms with Crippen LogP contribution in [0.1, 0.15) is 11.1 Å². The van der Waals surface area contributed by atoms with Crippen LogP contribution in [-0.4, -0.2) is 33.9 Å². The molecule has 1 aromatic heterocycles. The number of hydrogen-bond acceptors (Lipinski definition) is 5. The highest BCUT2D eigenvalue weighted by atomic mass is 19.4. The van der Waals surface area contributed by atoms with Gasteiger partial charge in [0.2, 0.25) is 5.91 Å². The van der Waals surface area contributed by atoms with Crippen LogP contribution in [0.2, 0.25) is 0 Å². The number of rotatable bonds is 4.